The van der Waals surface area contributed by atoms with E-state index in [-0.39, 0.29) is 11.3 Å². The normalized spacial score (nSPS) is 20.0. The van der Waals surface area contributed by atoms with Crippen molar-refractivity contribution in [3.8, 4) is 0 Å². The molecule has 0 spiro atoms. The second-order valence-electron chi connectivity index (χ2n) is 8.30. The Balaban J connectivity index is 2.33. The first-order chi connectivity index (χ1) is 11.6. The van der Waals surface area contributed by atoms with Crippen LogP contribution in [0.1, 0.15) is 56.9 Å². The second-order valence-corrected chi connectivity index (χ2v) is 8.30. The van der Waals surface area contributed by atoms with Gasteiger partial charge in [0, 0.05) is 5.57 Å². The molecule has 3 rings (SSSR count). The highest BCUT2D eigenvalue weighted by molar-refractivity contribution is 6.07. The van der Waals surface area contributed by atoms with Crippen LogP contribution in [-0.2, 0) is 16.6 Å². The first kappa shape index (κ1) is 17.5. The quantitative estimate of drug-likeness (QED) is 0.727. The number of rotatable bonds is 2. The van der Waals surface area contributed by atoms with E-state index in [9.17, 15) is 4.79 Å². The summed E-state index contributed by atoms with van der Waals surface area (Å²) in [6.07, 6.45) is 6.89. The highest BCUT2D eigenvalue weighted by Crippen LogP contribution is 2.42. The van der Waals surface area contributed by atoms with Gasteiger partial charge in [-0.15, -0.1) is 0 Å². The van der Waals surface area contributed by atoms with Crippen LogP contribution in [0, 0.1) is 5.92 Å². The molecule has 0 saturated heterocycles. The summed E-state index contributed by atoms with van der Waals surface area (Å²) in [4.78, 5) is 12.0. The summed E-state index contributed by atoms with van der Waals surface area (Å²) in [5.74, 6) is -0.473. The Morgan fingerprint density at radius 2 is 1.96 bits per heavy atom. The first-order valence-corrected chi connectivity index (χ1v) is 8.82. The van der Waals surface area contributed by atoms with E-state index in [1.807, 2.05) is 6.08 Å². The van der Waals surface area contributed by atoms with Gasteiger partial charge in [-0.05, 0) is 58.1 Å². The van der Waals surface area contributed by atoms with E-state index in [1.54, 1.807) is 6.08 Å². The van der Waals surface area contributed by atoms with Crippen molar-refractivity contribution >= 4 is 17.6 Å². The summed E-state index contributed by atoms with van der Waals surface area (Å²) in [5, 5.41) is 0. The predicted octanol–water partition coefficient (Wildman–Crippen LogP) is 5.27. The number of benzene rings is 1. The zero-order chi connectivity index (χ0) is 18.5. The summed E-state index contributed by atoms with van der Waals surface area (Å²) < 4.78 is 0. The average Bonchev–Trinajstić information content (AvgIpc) is 2.88. The number of fused-ring (bicyclic) bond motifs is 1. The minimum atomic E-state index is -0.642. The highest BCUT2D eigenvalue weighted by Gasteiger charge is 2.28. The molecule has 2 aliphatic carbocycles. The van der Waals surface area contributed by atoms with Crippen LogP contribution in [0.15, 0.2) is 47.6 Å². The van der Waals surface area contributed by atoms with Crippen LogP contribution in [0.5, 0.6) is 0 Å². The molecule has 2 nitrogen and oxygen atoms in total. The van der Waals surface area contributed by atoms with E-state index in [1.165, 1.54) is 22.3 Å². The third kappa shape index (κ3) is 3.02. The maximum atomic E-state index is 12.0. The van der Waals surface area contributed by atoms with Crippen molar-refractivity contribution in [2.75, 3.05) is 0 Å². The molecule has 1 amide bonds. The third-order valence-corrected chi connectivity index (χ3v) is 5.21. The van der Waals surface area contributed by atoms with Gasteiger partial charge in [0.05, 0.1) is 0 Å². The SMILES string of the molecule is C=C1C(c2cc(C(C)(C)C)cc3c2CC(C)=C3)=C(C([NH])=O)C=CC1C. The van der Waals surface area contributed by atoms with E-state index in [4.69, 9.17) is 5.73 Å². The van der Waals surface area contributed by atoms with Gasteiger partial charge in [-0.25, -0.2) is 0 Å². The van der Waals surface area contributed by atoms with Gasteiger partial charge in [0.15, 0.2) is 0 Å². The van der Waals surface area contributed by atoms with Crippen LogP contribution in [0.2, 0.25) is 0 Å². The van der Waals surface area contributed by atoms with Crippen molar-refractivity contribution in [2.45, 2.75) is 46.5 Å². The van der Waals surface area contributed by atoms with Gasteiger partial charge in [0.2, 0.25) is 0 Å². The van der Waals surface area contributed by atoms with Gasteiger partial charge in [0.1, 0.15) is 0 Å². The van der Waals surface area contributed by atoms with Crippen LogP contribution in [0.4, 0.5) is 0 Å². The van der Waals surface area contributed by atoms with E-state index in [2.05, 4.69) is 59.4 Å². The molecular formula is C23H26NO. The molecule has 0 aliphatic heterocycles. The fraction of sp³-hybridized carbons (Fsp3) is 0.348. The Morgan fingerprint density at radius 3 is 2.56 bits per heavy atom. The van der Waals surface area contributed by atoms with Crippen LogP contribution in [0.25, 0.3) is 11.6 Å². The standard InChI is InChI=1S/C23H26NO/c1-13-9-16-11-17(23(4,5)6)12-20(19(16)10-13)21-15(3)14(2)7-8-18(21)22(24)25/h7-9,11-12,14,24H,3,10H2,1-2,4-6H3. The zero-order valence-electron chi connectivity index (χ0n) is 15.8. The number of carbonyl (C=O) groups is 1. The summed E-state index contributed by atoms with van der Waals surface area (Å²) in [5.41, 5.74) is 16.1. The maximum absolute atomic E-state index is 12.0. The molecule has 1 unspecified atom stereocenters. The smallest absolute Gasteiger partial charge is 0.267 e. The van der Waals surface area contributed by atoms with E-state index >= 15 is 0 Å². The van der Waals surface area contributed by atoms with Crippen molar-refractivity contribution in [3.63, 3.8) is 0 Å². The zero-order valence-corrected chi connectivity index (χ0v) is 15.8. The van der Waals surface area contributed by atoms with Crippen molar-refractivity contribution < 1.29 is 4.79 Å². The molecule has 0 aromatic heterocycles. The van der Waals surface area contributed by atoms with Crippen LogP contribution < -0.4 is 5.73 Å². The third-order valence-electron chi connectivity index (χ3n) is 5.21. The molecule has 1 radical (unpaired) electrons. The van der Waals surface area contributed by atoms with Gasteiger partial charge >= 0.3 is 0 Å². The first-order valence-electron chi connectivity index (χ1n) is 8.82. The molecule has 2 aliphatic rings. The van der Waals surface area contributed by atoms with Crippen LogP contribution in [0.3, 0.4) is 0 Å². The van der Waals surface area contributed by atoms with Crippen molar-refractivity contribution in [3.05, 3.63) is 69.8 Å². The average molecular weight is 332 g/mol. The minimum Gasteiger partial charge on any atom is -0.267 e. The Morgan fingerprint density at radius 1 is 1.28 bits per heavy atom. The number of carbonyl (C=O) groups excluding carboxylic acids is 1. The lowest BCUT2D eigenvalue weighted by Gasteiger charge is -2.27. The highest BCUT2D eigenvalue weighted by atomic mass is 16.1. The van der Waals surface area contributed by atoms with Gasteiger partial charge in [-0.2, -0.15) is 0 Å². The van der Waals surface area contributed by atoms with Crippen molar-refractivity contribution in [2.24, 2.45) is 5.92 Å². The summed E-state index contributed by atoms with van der Waals surface area (Å²) >= 11 is 0. The number of allylic oxidation sites excluding steroid dienone is 4. The van der Waals surface area contributed by atoms with E-state index in [0.29, 0.717) is 5.57 Å². The lowest BCUT2D eigenvalue weighted by atomic mass is 9.77. The minimum absolute atomic E-state index is 0.0112. The summed E-state index contributed by atoms with van der Waals surface area (Å²) in [7, 11) is 0. The predicted molar refractivity (Wildman–Crippen MR) is 105 cm³/mol. The molecule has 2 heteroatoms. The number of amides is 1. The lowest BCUT2D eigenvalue weighted by molar-refractivity contribution is -0.114. The van der Waals surface area contributed by atoms with Crippen molar-refractivity contribution in [1.29, 1.82) is 0 Å². The number of nitrogens with one attached hydrogen (secondary N) is 1. The Hall–Kier alpha value is -2.35. The van der Waals surface area contributed by atoms with Crippen LogP contribution >= 0.6 is 0 Å². The van der Waals surface area contributed by atoms with E-state index in [0.717, 1.165) is 23.1 Å². The summed E-state index contributed by atoms with van der Waals surface area (Å²) in [6, 6.07) is 4.48. The molecule has 0 saturated carbocycles. The topological polar surface area (TPSA) is 40.9 Å². The molecule has 25 heavy (non-hydrogen) atoms. The van der Waals surface area contributed by atoms with Crippen molar-refractivity contribution in [1.82, 2.24) is 5.73 Å². The molecule has 1 aromatic carbocycles. The molecule has 0 fully saturated rings. The Kier molecular flexibility index (Phi) is 4.10. The fourth-order valence-electron chi connectivity index (χ4n) is 3.62. The molecule has 1 aromatic rings. The molecule has 1 atom stereocenters. The van der Waals surface area contributed by atoms with Crippen LogP contribution in [-0.4, -0.2) is 5.91 Å². The largest absolute Gasteiger partial charge is 0.270 e. The van der Waals surface area contributed by atoms with Gasteiger partial charge in [0.25, 0.3) is 5.91 Å². The number of hydrogen-bond donors (Lipinski definition) is 0. The monoisotopic (exact) mass is 332 g/mol. The Labute approximate surface area is 150 Å². The van der Waals surface area contributed by atoms with E-state index < -0.39 is 5.91 Å². The van der Waals surface area contributed by atoms with Gasteiger partial charge in [-0.1, -0.05) is 70.2 Å². The molecule has 0 bridgehead atoms. The molecular weight excluding hydrogens is 306 g/mol. The second kappa shape index (κ2) is 5.87. The summed E-state index contributed by atoms with van der Waals surface area (Å²) in [6.45, 7) is 15.1. The van der Waals surface area contributed by atoms with Gasteiger partial charge in [-0.3, -0.25) is 10.5 Å². The Bertz CT molecular complexity index is 872. The van der Waals surface area contributed by atoms with Gasteiger partial charge < -0.3 is 0 Å². The maximum Gasteiger partial charge on any atom is 0.270 e. The molecule has 129 valence electrons. The fourth-order valence-corrected chi connectivity index (χ4v) is 3.62. The number of hydrogen-bond acceptors (Lipinski definition) is 1. The lowest BCUT2D eigenvalue weighted by Crippen LogP contribution is -2.16. The molecule has 0 heterocycles. The molecule has 1 N–H and O–H groups in total.